The summed E-state index contributed by atoms with van der Waals surface area (Å²) in [7, 11) is 1.59. The number of aromatic nitrogens is 5. The summed E-state index contributed by atoms with van der Waals surface area (Å²) < 4.78 is 10.6. The van der Waals surface area contributed by atoms with Crippen LogP contribution in [0.1, 0.15) is 25.3 Å². The van der Waals surface area contributed by atoms with Gasteiger partial charge in [0, 0.05) is 39.4 Å². The maximum atomic E-state index is 11.3. The Morgan fingerprint density at radius 3 is 2.88 bits per heavy atom. The van der Waals surface area contributed by atoms with Gasteiger partial charge in [0.2, 0.25) is 0 Å². The molecule has 34 heavy (non-hydrogen) atoms. The molecule has 0 radical (unpaired) electrons. The summed E-state index contributed by atoms with van der Waals surface area (Å²) in [4.78, 5) is 16.8. The summed E-state index contributed by atoms with van der Waals surface area (Å²) >= 11 is 6.29. The Kier molecular flexibility index (Phi) is 6.06. The number of hydrogen-bond donors (Lipinski definition) is 2. The first-order valence-electron chi connectivity index (χ1n) is 11.1. The number of ether oxygens (including phenoxy) is 2. The zero-order valence-corrected chi connectivity index (χ0v) is 19.6. The van der Waals surface area contributed by atoms with Crippen LogP contribution in [0, 0.1) is 0 Å². The van der Waals surface area contributed by atoms with Gasteiger partial charge in [0.25, 0.3) is 0 Å². The lowest BCUT2D eigenvalue weighted by Crippen LogP contribution is -2.38. The van der Waals surface area contributed by atoms with Crippen molar-refractivity contribution in [1.29, 1.82) is 0 Å². The normalized spacial score (nSPS) is 14.5. The third-order valence-corrected chi connectivity index (χ3v) is 6.32. The third kappa shape index (κ3) is 4.28. The maximum absolute atomic E-state index is 11.3. The molecule has 3 N–H and O–H groups in total. The zero-order valence-electron chi connectivity index (χ0n) is 18.9. The van der Waals surface area contributed by atoms with Crippen LogP contribution in [0.25, 0.3) is 21.8 Å². The van der Waals surface area contributed by atoms with Gasteiger partial charge < -0.3 is 19.7 Å². The van der Waals surface area contributed by atoms with Crippen molar-refractivity contribution >= 4 is 51.0 Å². The van der Waals surface area contributed by atoms with Crippen LogP contribution in [0.2, 0.25) is 5.02 Å². The number of fused-ring (bicyclic) bond motifs is 3. The molecule has 10 nitrogen and oxygen atoms in total. The van der Waals surface area contributed by atoms with E-state index in [-0.39, 0.29) is 12.1 Å². The standard InChI is InChI=1S/C23H24ClN7O3/c1-13(32)34-15-5-7-31(8-6-15)23-17-11-26-21-16(12-27-28-21)20(17)22(29-30-23)25-10-14-3-4-19(33-2)18(24)9-14/h3-4,9,11-12,15,30H,5-8,10H2,1-2H3,(H,25,29)/p+1. The van der Waals surface area contributed by atoms with Crippen molar-refractivity contribution in [2.45, 2.75) is 32.4 Å². The van der Waals surface area contributed by atoms with Gasteiger partial charge >= 0.3 is 11.6 Å². The second kappa shape index (κ2) is 9.30. The second-order valence-electron chi connectivity index (χ2n) is 8.22. The predicted molar refractivity (Wildman–Crippen MR) is 128 cm³/mol. The molecule has 1 fully saturated rings. The summed E-state index contributed by atoms with van der Waals surface area (Å²) in [6.07, 6.45) is 5.14. The van der Waals surface area contributed by atoms with Gasteiger partial charge in [-0.3, -0.25) is 9.89 Å². The monoisotopic (exact) mass is 482 g/mol. The maximum Gasteiger partial charge on any atom is 0.358 e. The molecular weight excluding hydrogens is 458 g/mol. The highest BCUT2D eigenvalue weighted by molar-refractivity contribution is 6.32. The van der Waals surface area contributed by atoms with Crippen molar-refractivity contribution in [2.75, 3.05) is 30.4 Å². The summed E-state index contributed by atoms with van der Waals surface area (Å²) in [6, 6.07) is 5.67. The number of pyridine rings is 1. The van der Waals surface area contributed by atoms with E-state index in [1.54, 1.807) is 13.3 Å². The van der Waals surface area contributed by atoms with Gasteiger partial charge in [0.05, 0.1) is 40.4 Å². The van der Waals surface area contributed by atoms with E-state index < -0.39 is 0 Å². The lowest BCUT2D eigenvalue weighted by atomic mass is 10.1. The smallest absolute Gasteiger partial charge is 0.358 e. The van der Waals surface area contributed by atoms with Crippen molar-refractivity contribution < 1.29 is 19.3 Å². The van der Waals surface area contributed by atoms with E-state index in [1.165, 1.54) is 6.92 Å². The molecule has 0 unspecified atom stereocenters. The summed E-state index contributed by atoms with van der Waals surface area (Å²) in [5.41, 5.74) is 1.69. The molecule has 0 aliphatic carbocycles. The Bertz CT molecular complexity index is 1350. The number of carbonyl (C=O) groups excluding carboxylic acids is 1. The van der Waals surface area contributed by atoms with E-state index in [0.29, 0.717) is 28.8 Å². The number of aromatic amines is 2. The van der Waals surface area contributed by atoms with Crippen molar-refractivity contribution in [3.63, 3.8) is 0 Å². The average molecular weight is 483 g/mol. The minimum atomic E-state index is -0.237. The van der Waals surface area contributed by atoms with Gasteiger partial charge in [-0.15, -0.1) is 0 Å². The molecule has 0 amide bonds. The Balaban J connectivity index is 1.46. The van der Waals surface area contributed by atoms with E-state index >= 15 is 0 Å². The van der Waals surface area contributed by atoms with E-state index in [4.69, 9.17) is 21.1 Å². The molecule has 4 aromatic rings. The molecule has 1 aliphatic rings. The van der Waals surface area contributed by atoms with Crippen molar-refractivity contribution in [2.24, 2.45) is 0 Å². The number of halogens is 1. The molecule has 4 heterocycles. The number of rotatable bonds is 6. The lowest BCUT2D eigenvalue weighted by Gasteiger charge is -2.33. The quantitative estimate of drug-likeness (QED) is 0.402. The number of hydrogen-bond acceptors (Lipinski definition) is 8. The Hall–Kier alpha value is -3.66. The molecule has 3 aromatic heterocycles. The van der Waals surface area contributed by atoms with Crippen LogP contribution in [0.3, 0.4) is 0 Å². The fourth-order valence-electron chi connectivity index (χ4n) is 4.38. The van der Waals surface area contributed by atoms with E-state index in [9.17, 15) is 4.79 Å². The Morgan fingerprint density at radius 1 is 1.32 bits per heavy atom. The van der Waals surface area contributed by atoms with Crippen LogP contribution >= 0.6 is 11.6 Å². The number of H-pyrrole nitrogens is 2. The number of nitrogens with zero attached hydrogens (tertiary/aromatic N) is 4. The van der Waals surface area contributed by atoms with Gasteiger partial charge in [-0.1, -0.05) is 17.7 Å². The Morgan fingerprint density at radius 2 is 2.15 bits per heavy atom. The predicted octanol–water partition coefficient (Wildman–Crippen LogP) is 3.13. The first kappa shape index (κ1) is 22.1. The summed E-state index contributed by atoms with van der Waals surface area (Å²) in [5.74, 6) is 1.98. The second-order valence-corrected chi connectivity index (χ2v) is 8.63. The number of piperidine rings is 1. The molecule has 0 atom stereocenters. The highest BCUT2D eigenvalue weighted by atomic mass is 35.5. The fourth-order valence-corrected chi connectivity index (χ4v) is 4.66. The molecule has 0 bridgehead atoms. The molecule has 11 heteroatoms. The molecule has 5 rings (SSSR count). The number of esters is 1. The third-order valence-electron chi connectivity index (χ3n) is 6.02. The number of nitrogens with one attached hydrogen (secondary N) is 3. The molecule has 0 spiro atoms. The molecule has 1 aromatic carbocycles. The van der Waals surface area contributed by atoms with E-state index in [0.717, 1.165) is 53.5 Å². The van der Waals surface area contributed by atoms with Gasteiger partial charge in [-0.05, 0) is 22.8 Å². The van der Waals surface area contributed by atoms with Crippen LogP contribution in [-0.4, -0.2) is 52.7 Å². The van der Waals surface area contributed by atoms with Gasteiger partial charge in [-0.25, -0.2) is 4.98 Å². The van der Waals surface area contributed by atoms with Gasteiger partial charge in [-0.2, -0.15) is 5.10 Å². The first-order chi connectivity index (χ1) is 16.5. The van der Waals surface area contributed by atoms with Crippen LogP contribution in [0.15, 0.2) is 30.6 Å². The van der Waals surface area contributed by atoms with Crippen molar-refractivity contribution in [3.05, 3.63) is 41.2 Å². The minimum absolute atomic E-state index is 0.0491. The molecule has 1 aliphatic heterocycles. The largest absolute Gasteiger partial charge is 0.495 e. The van der Waals surface area contributed by atoms with E-state index in [2.05, 4.69) is 35.6 Å². The molecule has 0 saturated carbocycles. The number of carbonyl (C=O) groups is 1. The van der Waals surface area contributed by atoms with Gasteiger partial charge in [0.1, 0.15) is 23.1 Å². The number of benzene rings is 1. The van der Waals surface area contributed by atoms with Crippen LogP contribution in [0.4, 0.5) is 11.6 Å². The minimum Gasteiger partial charge on any atom is -0.495 e. The zero-order chi connectivity index (χ0) is 23.7. The van der Waals surface area contributed by atoms with Gasteiger partial charge in [0.15, 0.2) is 5.82 Å². The Labute approximate surface area is 200 Å². The van der Waals surface area contributed by atoms with Crippen LogP contribution in [-0.2, 0) is 16.1 Å². The van der Waals surface area contributed by atoms with Crippen LogP contribution in [0.5, 0.6) is 5.75 Å². The topological polar surface area (TPSA) is 119 Å². The van der Waals surface area contributed by atoms with Crippen molar-refractivity contribution in [3.8, 4) is 5.75 Å². The number of methoxy groups -OCH3 is 1. The van der Waals surface area contributed by atoms with E-state index in [1.807, 2.05) is 24.4 Å². The highest BCUT2D eigenvalue weighted by Crippen LogP contribution is 2.33. The van der Waals surface area contributed by atoms with Crippen LogP contribution < -0.4 is 19.9 Å². The lowest BCUT2D eigenvalue weighted by molar-refractivity contribution is -0.345. The fraction of sp³-hybridized carbons (Fsp3) is 0.348. The summed E-state index contributed by atoms with van der Waals surface area (Å²) in [5, 5.41) is 22.9. The average Bonchev–Trinajstić information content (AvgIpc) is 3.32. The SMILES string of the molecule is COc1ccc(CNc2n[nH]c(N3CCC(OC(C)=O)CC3)c3c[nH+]c4nncc4c23)cc1Cl. The highest BCUT2D eigenvalue weighted by Gasteiger charge is 2.25. The number of anilines is 2. The first-order valence-corrected chi connectivity index (χ1v) is 11.4. The summed E-state index contributed by atoms with van der Waals surface area (Å²) in [6.45, 7) is 3.47. The molecule has 176 valence electrons. The van der Waals surface area contributed by atoms with Crippen molar-refractivity contribution in [1.82, 2.24) is 20.4 Å². The molecule has 1 saturated heterocycles. The molecular formula is C23H25ClN7O3+.